The number of carbonyl (C=O) groups is 1. The number of carbonyl (C=O) groups excluding carboxylic acids is 1. The lowest BCUT2D eigenvalue weighted by molar-refractivity contribution is -0.122. The molecule has 0 aliphatic rings. The van der Waals surface area contributed by atoms with Crippen molar-refractivity contribution in [2.24, 2.45) is 0 Å². The van der Waals surface area contributed by atoms with Crippen LogP contribution in [0, 0.1) is 6.92 Å². The van der Waals surface area contributed by atoms with E-state index in [4.69, 9.17) is 0 Å². The summed E-state index contributed by atoms with van der Waals surface area (Å²) in [6.07, 6.45) is 0.803. The Morgan fingerprint density at radius 2 is 1.96 bits per heavy atom. The van der Waals surface area contributed by atoms with E-state index in [2.05, 4.69) is 5.32 Å². The number of thiophene rings is 1. The first-order valence-electron chi connectivity index (χ1n) is 8.52. The Morgan fingerprint density at radius 1 is 1.23 bits per heavy atom. The third-order valence-electron chi connectivity index (χ3n) is 4.43. The molecule has 0 radical (unpaired) electrons. The molecule has 0 saturated heterocycles. The Kier molecular flexibility index (Phi) is 5.08. The summed E-state index contributed by atoms with van der Waals surface area (Å²) in [5, 5.41) is 4.63. The highest BCUT2D eigenvalue weighted by Crippen LogP contribution is 2.17. The van der Waals surface area contributed by atoms with Crippen LogP contribution in [0.2, 0.25) is 0 Å². The molecule has 6 nitrogen and oxygen atoms in total. The van der Waals surface area contributed by atoms with E-state index in [0.29, 0.717) is 15.9 Å². The molecule has 1 atom stereocenters. The lowest BCUT2D eigenvalue weighted by atomic mass is 10.2. The summed E-state index contributed by atoms with van der Waals surface area (Å²) in [7, 11) is 0. The van der Waals surface area contributed by atoms with Crippen molar-refractivity contribution in [2.45, 2.75) is 39.8 Å². The van der Waals surface area contributed by atoms with Crippen LogP contribution in [0.3, 0.4) is 0 Å². The van der Waals surface area contributed by atoms with Gasteiger partial charge < -0.3 is 5.32 Å². The molecule has 0 aliphatic carbocycles. The van der Waals surface area contributed by atoms with E-state index >= 15 is 0 Å². The second-order valence-electron chi connectivity index (χ2n) is 6.31. The van der Waals surface area contributed by atoms with Crippen LogP contribution in [-0.2, 0) is 11.3 Å². The predicted octanol–water partition coefficient (Wildman–Crippen LogP) is 2.44. The predicted molar refractivity (Wildman–Crippen MR) is 104 cm³/mol. The van der Waals surface area contributed by atoms with E-state index in [1.807, 2.05) is 32.9 Å². The Morgan fingerprint density at radius 3 is 2.65 bits per heavy atom. The Bertz CT molecular complexity index is 1080. The number of hydrogen-bond donors (Lipinski definition) is 1. The van der Waals surface area contributed by atoms with Crippen molar-refractivity contribution in [3.8, 4) is 5.69 Å². The molecule has 0 fully saturated rings. The molecule has 1 N–H and O–H groups in total. The quantitative estimate of drug-likeness (QED) is 0.749. The summed E-state index contributed by atoms with van der Waals surface area (Å²) in [6, 6.07) is 8.96. The fourth-order valence-electron chi connectivity index (χ4n) is 2.83. The molecule has 0 saturated carbocycles. The second-order valence-corrected chi connectivity index (χ2v) is 7.22. The first kappa shape index (κ1) is 18.1. The number of amides is 1. The monoisotopic (exact) mass is 371 g/mol. The van der Waals surface area contributed by atoms with Crippen LogP contribution in [-0.4, -0.2) is 21.1 Å². The molecule has 3 aromatic rings. The summed E-state index contributed by atoms with van der Waals surface area (Å²) in [5.74, 6) is -0.246. The van der Waals surface area contributed by atoms with Gasteiger partial charge in [-0.2, -0.15) is 0 Å². The molecular formula is C19H21N3O3S. The van der Waals surface area contributed by atoms with Gasteiger partial charge in [-0.25, -0.2) is 9.36 Å². The molecule has 1 amide bonds. The zero-order valence-electron chi connectivity index (χ0n) is 15.0. The van der Waals surface area contributed by atoms with E-state index in [1.54, 1.807) is 23.6 Å². The molecule has 2 aromatic heterocycles. The second kappa shape index (κ2) is 7.29. The summed E-state index contributed by atoms with van der Waals surface area (Å²) >= 11 is 1.27. The van der Waals surface area contributed by atoms with Crippen molar-refractivity contribution in [1.82, 2.24) is 14.5 Å². The van der Waals surface area contributed by atoms with E-state index in [1.165, 1.54) is 15.9 Å². The fraction of sp³-hybridized carbons (Fsp3) is 0.316. The van der Waals surface area contributed by atoms with Crippen molar-refractivity contribution in [3.63, 3.8) is 0 Å². The molecular weight excluding hydrogens is 350 g/mol. The molecule has 2 heterocycles. The Balaban J connectivity index is 2.20. The van der Waals surface area contributed by atoms with E-state index in [9.17, 15) is 14.4 Å². The third-order valence-corrected chi connectivity index (χ3v) is 5.32. The fourth-order valence-corrected chi connectivity index (χ4v) is 3.66. The smallest absolute Gasteiger partial charge is 0.336 e. The number of benzene rings is 1. The highest BCUT2D eigenvalue weighted by atomic mass is 32.1. The van der Waals surface area contributed by atoms with Gasteiger partial charge >= 0.3 is 5.69 Å². The molecule has 136 valence electrons. The number of rotatable bonds is 5. The molecule has 0 bridgehead atoms. The maximum Gasteiger partial charge on any atom is 0.336 e. The number of aromatic nitrogens is 2. The van der Waals surface area contributed by atoms with Gasteiger partial charge in [0.25, 0.3) is 5.56 Å². The van der Waals surface area contributed by atoms with E-state index < -0.39 is 5.69 Å². The molecule has 3 rings (SSSR count). The largest absolute Gasteiger partial charge is 0.352 e. The average molecular weight is 371 g/mol. The molecule has 1 aromatic carbocycles. The van der Waals surface area contributed by atoms with Gasteiger partial charge in [0.1, 0.15) is 11.2 Å². The van der Waals surface area contributed by atoms with Gasteiger partial charge in [0.05, 0.1) is 11.2 Å². The van der Waals surface area contributed by atoms with Crippen molar-refractivity contribution in [1.29, 1.82) is 0 Å². The number of nitrogens with zero attached hydrogens (tertiary/aromatic N) is 2. The lowest BCUT2D eigenvalue weighted by Gasteiger charge is -2.15. The van der Waals surface area contributed by atoms with E-state index in [-0.39, 0.29) is 24.1 Å². The molecule has 26 heavy (non-hydrogen) atoms. The van der Waals surface area contributed by atoms with Crippen molar-refractivity contribution < 1.29 is 4.79 Å². The van der Waals surface area contributed by atoms with E-state index in [0.717, 1.165) is 16.6 Å². The molecule has 0 aliphatic heterocycles. The minimum absolute atomic E-state index is 0.0263. The first-order valence-corrected chi connectivity index (χ1v) is 9.40. The number of fused-ring (bicyclic) bond motifs is 1. The number of hydrogen-bond acceptors (Lipinski definition) is 4. The van der Waals surface area contributed by atoms with Gasteiger partial charge in [-0.3, -0.25) is 14.2 Å². The zero-order valence-corrected chi connectivity index (χ0v) is 15.8. The topological polar surface area (TPSA) is 73.1 Å². The molecule has 0 spiro atoms. The van der Waals surface area contributed by atoms with Gasteiger partial charge in [-0.1, -0.05) is 25.1 Å². The van der Waals surface area contributed by atoms with Crippen LogP contribution < -0.4 is 16.6 Å². The summed E-state index contributed by atoms with van der Waals surface area (Å²) in [6.45, 7) is 5.62. The standard InChI is InChI=1S/C19H21N3O3S/c1-4-13(3)20-16(23)11-21-15-9-10-26-17(15)18(24)22(19(21)25)14-8-6-5-7-12(14)2/h5-10,13H,4,11H2,1-3H3,(H,20,23)/t13-/m1/s1. The molecule has 0 unspecified atom stereocenters. The zero-order chi connectivity index (χ0) is 18.8. The Labute approximate surface area is 154 Å². The van der Waals surface area contributed by atoms with Gasteiger partial charge in [-0.05, 0) is 43.3 Å². The van der Waals surface area contributed by atoms with Gasteiger partial charge in [-0.15, -0.1) is 11.3 Å². The van der Waals surface area contributed by atoms with Crippen LogP contribution in [0.5, 0.6) is 0 Å². The third kappa shape index (κ3) is 3.22. The van der Waals surface area contributed by atoms with Crippen molar-refractivity contribution in [3.05, 3.63) is 62.1 Å². The number of aryl methyl sites for hydroxylation is 1. The van der Waals surface area contributed by atoms with Gasteiger partial charge in [0, 0.05) is 6.04 Å². The average Bonchev–Trinajstić information content (AvgIpc) is 3.10. The lowest BCUT2D eigenvalue weighted by Crippen LogP contribution is -2.43. The summed E-state index contributed by atoms with van der Waals surface area (Å²) in [4.78, 5) is 38.3. The SMILES string of the molecule is CC[C@@H](C)NC(=O)Cn1c(=O)n(-c2ccccc2C)c(=O)c2sccc21. The highest BCUT2D eigenvalue weighted by molar-refractivity contribution is 7.17. The maximum absolute atomic E-state index is 13.1. The van der Waals surface area contributed by atoms with Crippen LogP contribution in [0.25, 0.3) is 15.9 Å². The Hall–Kier alpha value is -2.67. The number of nitrogens with one attached hydrogen (secondary N) is 1. The highest BCUT2D eigenvalue weighted by Gasteiger charge is 2.18. The van der Waals surface area contributed by atoms with Crippen LogP contribution in [0.1, 0.15) is 25.8 Å². The van der Waals surface area contributed by atoms with Gasteiger partial charge in [0.2, 0.25) is 5.91 Å². The summed E-state index contributed by atoms with van der Waals surface area (Å²) in [5.41, 5.74) is 0.989. The number of para-hydroxylation sites is 1. The first-order chi connectivity index (χ1) is 12.4. The van der Waals surface area contributed by atoms with Crippen LogP contribution >= 0.6 is 11.3 Å². The minimum Gasteiger partial charge on any atom is -0.352 e. The normalized spacial score (nSPS) is 12.3. The minimum atomic E-state index is -0.505. The van der Waals surface area contributed by atoms with Crippen LogP contribution in [0.4, 0.5) is 0 Å². The molecule has 7 heteroatoms. The maximum atomic E-state index is 13.1. The van der Waals surface area contributed by atoms with Crippen molar-refractivity contribution in [2.75, 3.05) is 0 Å². The van der Waals surface area contributed by atoms with Gasteiger partial charge in [0.15, 0.2) is 0 Å². The van der Waals surface area contributed by atoms with Crippen LogP contribution in [0.15, 0.2) is 45.3 Å². The van der Waals surface area contributed by atoms with Crippen molar-refractivity contribution >= 4 is 27.5 Å². The summed E-state index contributed by atoms with van der Waals surface area (Å²) < 4.78 is 2.99.